The van der Waals surface area contributed by atoms with Crippen molar-refractivity contribution in [1.29, 1.82) is 0 Å². The molecule has 0 aliphatic carbocycles. The zero-order valence-electron chi connectivity index (χ0n) is 8.59. The highest BCUT2D eigenvalue weighted by atomic mass is 127. The molecule has 0 aliphatic heterocycles. The van der Waals surface area contributed by atoms with Crippen LogP contribution in [0.4, 0.5) is 4.39 Å². The van der Waals surface area contributed by atoms with Crippen LogP contribution < -0.4 is 0 Å². The van der Waals surface area contributed by atoms with Crippen LogP contribution in [-0.2, 0) is 0 Å². The summed E-state index contributed by atoms with van der Waals surface area (Å²) >= 11 is 2.17. The molecule has 0 bridgehead atoms. The molecule has 0 fully saturated rings. The molecule has 0 aliphatic rings. The van der Waals surface area contributed by atoms with Gasteiger partial charge in [0.25, 0.3) is 0 Å². The van der Waals surface area contributed by atoms with Crippen molar-refractivity contribution >= 4 is 33.5 Å². The van der Waals surface area contributed by atoms with E-state index in [1.54, 1.807) is 0 Å². The Morgan fingerprint density at radius 2 is 2.00 bits per heavy atom. The molecule has 78 valence electrons. The van der Waals surface area contributed by atoms with Gasteiger partial charge in [-0.25, -0.2) is 4.39 Å². The maximum atomic E-state index is 13.7. The standard InChI is InChI=1S/C12H11FIN/c1-7(2)12-6-10(13)9-5-8(14)3-4-11(9)15-12/h3-7H,1-2H3. The van der Waals surface area contributed by atoms with Crippen molar-refractivity contribution in [3.05, 3.63) is 39.3 Å². The minimum Gasteiger partial charge on any atom is -0.252 e. The Balaban J connectivity index is 2.73. The van der Waals surface area contributed by atoms with E-state index in [9.17, 15) is 4.39 Å². The van der Waals surface area contributed by atoms with Crippen LogP contribution in [0.25, 0.3) is 10.9 Å². The molecule has 0 N–H and O–H groups in total. The van der Waals surface area contributed by atoms with Gasteiger partial charge in [-0.1, -0.05) is 13.8 Å². The zero-order valence-corrected chi connectivity index (χ0v) is 10.7. The minimum atomic E-state index is -0.179. The van der Waals surface area contributed by atoms with Gasteiger partial charge in [0.1, 0.15) is 5.82 Å². The molecule has 1 aromatic carbocycles. The van der Waals surface area contributed by atoms with Crippen LogP contribution in [0.5, 0.6) is 0 Å². The lowest BCUT2D eigenvalue weighted by molar-refractivity contribution is 0.632. The van der Waals surface area contributed by atoms with Gasteiger partial charge in [0, 0.05) is 14.7 Å². The van der Waals surface area contributed by atoms with Crippen LogP contribution in [0.15, 0.2) is 24.3 Å². The van der Waals surface area contributed by atoms with Gasteiger partial charge in [-0.3, -0.25) is 4.98 Å². The van der Waals surface area contributed by atoms with Crippen LogP contribution in [-0.4, -0.2) is 4.98 Å². The van der Waals surface area contributed by atoms with Gasteiger partial charge in [0.15, 0.2) is 0 Å². The van der Waals surface area contributed by atoms with E-state index in [4.69, 9.17) is 0 Å². The van der Waals surface area contributed by atoms with E-state index in [0.29, 0.717) is 5.39 Å². The van der Waals surface area contributed by atoms with Crippen molar-refractivity contribution in [1.82, 2.24) is 4.98 Å². The molecule has 0 radical (unpaired) electrons. The summed E-state index contributed by atoms with van der Waals surface area (Å²) in [6.07, 6.45) is 0. The number of nitrogens with zero attached hydrogens (tertiary/aromatic N) is 1. The third-order valence-electron chi connectivity index (χ3n) is 2.33. The Kier molecular flexibility index (Phi) is 2.91. The van der Waals surface area contributed by atoms with Gasteiger partial charge >= 0.3 is 0 Å². The van der Waals surface area contributed by atoms with Gasteiger partial charge in [-0.2, -0.15) is 0 Å². The molecular weight excluding hydrogens is 304 g/mol. The second-order valence-electron chi connectivity index (χ2n) is 3.85. The average Bonchev–Trinajstić information content (AvgIpc) is 2.18. The van der Waals surface area contributed by atoms with Gasteiger partial charge in [-0.15, -0.1) is 0 Å². The third kappa shape index (κ3) is 2.12. The number of fused-ring (bicyclic) bond motifs is 1. The molecular formula is C12H11FIN. The first-order valence-corrected chi connectivity index (χ1v) is 5.91. The second kappa shape index (κ2) is 4.04. The van der Waals surface area contributed by atoms with E-state index in [1.165, 1.54) is 6.07 Å². The topological polar surface area (TPSA) is 12.9 Å². The summed E-state index contributed by atoms with van der Waals surface area (Å²) < 4.78 is 14.8. The van der Waals surface area contributed by atoms with Crippen molar-refractivity contribution in [3.8, 4) is 0 Å². The van der Waals surface area contributed by atoms with E-state index in [-0.39, 0.29) is 11.7 Å². The third-order valence-corrected chi connectivity index (χ3v) is 3.00. The highest BCUT2D eigenvalue weighted by Gasteiger charge is 2.08. The average molecular weight is 315 g/mol. The van der Waals surface area contributed by atoms with Gasteiger partial charge in [-0.05, 0) is 52.8 Å². The quantitative estimate of drug-likeness (QED) is 0.722. The number of halogens is 2. The van der Waals surface area contributed by atoms with E-state index >= 15 is 0 Å². The summed E-state index contributed by atoms with van der Waals surface area (Å²) in [5, 5.41) is 0.603. The molecule has 0 atom stereocenters. The smallest absolute Gasteiger partial charge is 0.134 e. The van der Waals surface area contributed by atoms with Crippen molar-refractivity contribution in [3.63, 3.8) is 0 Å². The number of hydrogen-bond donors (Lipinski definition) is 0. The van der Waals surface area contributed by atoms with Crippen LogP contribution >= 0.6 is 22.6 Å². The van der Waals surface area contributed by atoms with Crippen molar-refractivity contribution < 1.29 is 4.39 Å². The normalized spacial score (nSPS) is 11.3. The van der Waals surface area contributed by atoms with Crippen molar-refractivity contribution in [2.24, 2.45) is 0 Å². The van der Waals surface area contributed by atoms with Crippen LogP contribution in [0.1, 0.15) is 25.5 Å². The second-order valence-corrected chi connectivity index (χ2v) is 5.09. The van der Waals surface area contributed by atoms with E-state index < -0.39 is 0 Å². The zero-order chi connectivity index (χ0) is 11.0. The van der Waals surface area contributed by atoms with E-state index in [1.807, 2.05) is 32.0 Å². The lowest BCUT2D eigenvalue weighted by Gasteiger charge is -2.07. The monoisotopic (exact) mass is 315 g/mol. The molecule has 15 heavy (non-hydrogen) atoms. The Morgan fingerprint density at radius 1 is 1.27 bits per heavy atom. The minimum absolute atomic E-state index is 0.179. The molecule has 2 aromatic rings. The van der Waals surface area contributed by atoms with Crippen LogP contribution in [0.3, 0.4) is 0 Å². The Morgan fingerprint density at radius 3 is 2.67 bits per heavy atom. The maximum absolute atomic E-state index is 13.7. The Labute approximate surface area is 102 Å². The predicted octanol–water partition coefficient (Wildman–Crippen LogP) is 4.10. The fourth-order valence-electron chi connectivity index (χ4n) is 1.47. The summed E-state index contributed by atoms with van der Waals surface area (Å²) in [7, 11) is 0. The highest BCUT2D eigenvalue weighted by Crippen LogP contribution is 2.22. The van der Waals surface area contributed by atoms with Gasteiger partial charge in [0.05, 0.1) is 5.52 Å². The fourth-order valence-corrected chi connectivity index (χ4v) is 1.96. The molecule has 3 heteroatoms. The first-order valence-electron chi connectivity index (χ1n) is 4.83. The molecule has 0 spiro atoms. The van der Waals surface area contributed by atoms with Gasteiger partial charge < -0.3 is 0 Å². The number of hydrogen-bond acceptors (Lipinski definition) is 1. The van der Waals surface area contributed by atoms with E-state index in [2.05, 4.69) is 27.6 Å². The Bertz CT molecular complexity index is 508. The molecule has 1 aromatic heterocycles. The number of aromatic nitrogens is 1. The van der Waals surface area contributed by atoms with Crippen LogP contribution in [0.2, 0.25) is 0 Å². The summed E-state index contributed by atoms with van der Waals surface area (Å²) in [4.78, 5) is 4.43. The summed E-state index contributed by atoms with van der Waals surface area (Å²) in [6, 6.07) is 7.16. The fraction of sp³-hybridized carbons (Fsp3) is 0.250. The lowest BCUT2D eigenvalue weighted by Crippen LogP contribution is -1.95. The first kappa shape index (κ1) is 10.8. The summed E-state index contributed by atoms with van der Waals surface area (Å²) in [5.74, 6) is 0.0744. The maximum Gasteiger partial charge on any atom is 0.134 e. The molecule has 0 saturated heterocycles. The van der Waals surface area contributed by atoms with Crippen molar-refractivity contribution in [2.75, 3.05) is 0 Å². The van der Waals surface area contributed by atoms with Gasteiger partial charge in [0.2, 0.25) is 0 Å². The molecule has 1 heterocycles. The Hall–Kier alpha value is -0.710. The SMILES string of the molecule is CC(C)c1cc(F)c2cc(I)ccc2n1. The molecule has 2 rings (SSSR count). The largest absolute Gasteiger partial charge is 0.252 e. The lowest BCUT2D eigenvalue weighted by atomic mass is 10.1. The molecule has 0 unspecified atom stereocenters. The van der Waals surface area contributed by atoms with Crippen LogP contribution in [0, 0.1) is 9.39 Å². The number of benzene rings is 1. The predicted molar refractivity (Wildman–Crippen MR) is 68.5 cm³/mol. The van der Waals surface area contributed by atoms with Crippen molar-refractivity contribution in [2.45, 2.75) is 19.8 Å². The highest BCUT2D eigenvalue weighted by molar-refractivity contribution is 14.1. The molecule has 0 amide bonds. The first-order chi connectivity index (χ1) is 7.08. The molecule has 1 nitrogen and oxygen atoms in total. The molecule has 0 saturated carbocycles. The van der Waals surface area contributed by atoms with E-state index in [0.717, 1.165) is 14.8 Å². The number of pyridine rings is 1. The summed E-state index contributed by atoms with van der Waals surface area (Å²) in [5.41, 5.74) is 1.54. The summed E-state index contributed by atoms with van der Waals surface area (Å²) in [6.45, 7) is 4.03. The number of rotatable bonds is 1.